The van der Waals surface area contributed by atoms with Gasteiger partial charge in [-0.1, -0.05) is 18.2 Å². The Morgan fingerprint density at radius 3 is 2.62 bits per heavy atom. The van der Waals surface area contributed by atoms with Crippen LogP contribution in [0.4, 0.5) is 10.1 Å². The Kier molecular flexibility index (Phi) is 4.27. The number of non-ortho nitro benzene ring substituents is 1. The predicted octanol–water partition coefficient (Wildman–Crippen LogP) is 3.17. The maximum absolute atomic E-state index is 13.8. The van der Waals surface area contributed by atoms with E-state index in [1.807, 2.05) is 0 Å². The van der Waals surface area contributed by atoms with Gasteiger partial charge in [0, 0.05) is 18.1 Å². The van der Waals surface area contributed by atoms with Crippen molar-refractivity contribution in [3.05, 3.63) is 69.5 Å². The monoisotopic (exact) mass is 289 g/mol. The van der Waals surface area contributed by atoms with Gasteiger partial charge in [-0.05, 0) is 12.1 Å². The molecule has 0 unspecified atom stereocenters. The van der Waals surface area contributed by atoms with E-state index in [0.717, 1.165) is 18.2 Å². The Labute approximate surface area is 120 Å². The van der Waals surface area contributed by atoms with E-state index in [1.165, 1.54) is 7.11 Å². The van der Waals surface area contributed by atoms with Crippen LogP contribution in [0.3, 0.4) is 0 Å². The first-order valence-corrected chi connectivity index (χ1v) is 6.12. The average Bonchev–Trinajstić information content (AvgIpc) is 2.47. The molecular formula is C15H12FNO4. The first-order valence-electron chi connectivity index (χ1n) is 6.12. The largest absolute Gasteiger partial charge is 0.496 e. The number of benzene rings is 2. The van der Waals surface area contributed by atoms with Crippen LogP contribution in [0.15, 0.2) is 42.5 Å². The molecule has 2 rings (SSSR count). The van der Waals surface area contributed by atoms with Crippen LogP contribution < -0.4 is 4.74 Å². The topological polar surface area (TPSA) is 69.4 Å². The fraction of sp³-hybridized carbons (Fsp3) is 0.133. The lowest BCUT2D eigenvalue weighted by Crippen LogP contribution is -2.07. The maximum Gasteiger partial charge on any atom is 0.272 e. The maximum atomic E-state index is 13.8. The Bertz CT molecular complexity index is 700. The number of rotatable bonds is 5. The molecule has 6 heteroatoms. The van der Waals surface area contributed by atoms with Crippen molar-refractivity contribution in [2.45, 2.75) is 6.42 Å². The summed E-state index contributed by atoms with van der Waals surface area (Å²) in [5.41, 5.74) is 0.0654. The summed E-state index contributed by atoms with van der Waals surface area (Å²) in [6.45, 7) is 0. The molecule has 0 aromatic heterocycles. The summed E-state index contributed by atoms with van der Waals surface area (Å²) in [5.74, 6) is -0.829. The number of carbonyl (C=O) groups excluding carboxylic acids is 1. The zero-order valence-electron chi connectivity index (χ0n) is 11.2. The average molecular weight is 289 g/mol. The summed E-state index contributed by atoms with van der Waals surface area (Å²) in [7, 11) is 1.48. The Morgan fingerprint density at radius 1 is 1.29 bits per heavy atom. The molecule has 0 saturated heterocycles. The highest BCUT2D eigenvalue weighted by Crippen LogP contribution is 2.22. The summed E-state index contributed by atoms with van der Waals surface area (Å²) >= 11 is 0. The van der Waals surface area contributed by atoms with E-state index in [4.69, 9.17) is 4.74 Å². The Balaban J connectivity index is 2.26. The van der Waals surface area contributed by atoms with E-state index in [1.54, 1.807) is 24.3 Å². The molecule has 0 radical (unpaired) electrons. The number of nitro groups is 1. The minimum atomic E-state index is -0.899. The summed E-state index contributed by atoms with van der Waals surface area (Å²) in [6, 6.07) is 9.91. The standard InChI is InChI=1S/C15H12FNO4/c1-21-15-5-3-2-4-10(15)8-14(18)12-7-6-11(17(19)20)9-13(12)16/h2-7,9H,8H2,1H3. The van der Waals surface area contributed by atoms with E-state index in [0.29, 0.717) is 11.3 Å². The molecule has 0 spiro atoms. The third-order valence-electron chi connectivity index (χ3n) is 3.01. The molecule has 0 bridgehead atoms. The number of hydrogen-bond donors (Lipinski definition) is 0. The normalized spacial score (nSPS) is 10.2. The number of methoxy groups -OCH3 is 1. The molecule has 0 heterocycles. The Hall–Kier alpha value is -2.76. The lowest BCUT2D eigenvalue weighted by molar-refractivity contribution is -0.385. The minimum Gasteiger partial charge on any atom is -0.496 e. The molecule has 0 aliphatic carbocycles. The van der Waals surface area contributed by atoms with Gasteiger partial charge < -0.3 is 4.74 Å². The second-order valence-electron chi connectivity index (χ2n) is 4.33. The quantitative estimate of drug-likeness (QED) is 0.481. The minimum absolute atomic E-state index is 0.0429. The summed E-state index contributed by atoms with van der Waals surface area (Å²) in [4.78, 5) is 22.0. The molecule has 108 valence electrons. The molecule has 2 aromatic rings. The van der Waals surface area contributed by atoms with Crippen LogP contribution in [0.5, 0.6) is 5.75 Å². The summed E-state index contributed by atoms with van der Waals surface area (Å²) in [6.07, 6.45) is -0.0429. The van der Waals surface area contributed by atoms with Crippen molar-refractivity contribution in [2.24, 2.45) is 0 Å². The molecule has 0 aliphatic rings. The van der Waals surface area contributed by atoms with Crippen molar-refractivity contribution >= 4 is 11.5 Å². The highest BCUT2D eigenvalue weighted by Gasteiger charge is 2.17. The molecule has 0 aliphatic heterocycles. The Morgan fingerprint density at radius 2 is 2.00 bits per heavy atom. The number of hydrogen-bond acceptors (Lipinski definition) is 4. The molecule has 2 aromatic carbocycles. The number of ketones is 1. The molecule has 0 fully saturated rings. The smallest absolute Gasteiger partial charge is 0.272 e. The highest BCUT2D eigenvalue weighted by molar-refractivity contribution is 5.98. The van der Waals surface area contributed by atoms with Gasteiger partial charge in [-0.3, -0.25) is 14.9 Å². The van der Waals surface area contributed by atoms with Gasteiger partial charge in [0.2, 0.25) is 0 Å². The number of carbonyl (C=O) groups is 1. The molecule has 0 amide bonds. The van der Waals surface area contributed by atoms with Crippen LogP contribution in [0.25, 0.3) is 0 Å². The van der Waals surface area contributed by atoms with E-state index in [2.05, 4.69) is 0 Å². The molecule has 0 saturated carbocycles. The molecule has 21 heavy (non-hydrogen) atoms. The lowest BCUT2D eigenvalue weighted by atomic mass is 10.0. The van der Waals surface area contributed by atoms with Crippen molar-refractivity contribution in [3.8, 4) is 5.75 Å². The first-order chi connectivity index (χ1) is 10.0. The van der Waals surface area contributed by atoms with Gasteiger partial charge in [0.25, 0.3) is 5.69 Å². The highest BCUT2D eigenvalue weighted by atomic mass is 19.1. The molecule has 0 N–H and O–H groups in total. The van der Waals surface area contributed by atoms with Crippen LogP contribution in [-0.4, -0.2) is 17.8 Å². The van der Waals surface area contributed by atoms with Crippen LogP contribution in [0.1, 0.15) is 15.9 Å². The summed E-state index contributed by atoms with van der Waals surface area (Å²) in [5, 5.41) is 10.5. The van der Waals surface area contributed by atoms with Crippen molar-refractivity contribution < 1.29 is 18.8 Å². The lowest BCUT2D eigenvalue weighted by Gasteiger charge is -2.08. The van der Waals surface area contributed by atoms with Gasteiger partial charge in [0.15, 0.2) is 5.78 Å². The predicted molar refractivity (Wildman–Crippen MR) is 74.1 cm³/mol. The van der Waals surface area contributed by atoms with E-state index in [9.17, 15) is 19.3 Å². The molecule has 5 nitrogen and oxygen atoms in total. The number of Topliss-reactive ketones (excluding diaryl/α,β-unsaturated/α-hetero) is 1. The number of nitrogens with zero attached hydrogens (tertiary/aromatic N) is 1. The summed E-state index contributed by atoms with van der Waals surface area (Å²) < 4.78 is 18.9. The second kappa shape index (κ2) is 6.13. The number of ether oxygens (including phenoxy) is 1. The van der Waals surface area contributed by atoms with Crippen LogP contribution in [0, 0.1) is 15.9 Å². The fourth-order valence-electron chi connectivity index (χ4n) is 1.96. The van der Waals surface area contributed by atoms with Crippen molar-refractivity contribution in [1.29, 1.82) is 0 Å². The van der Waals surface area contributed by atoms with Crippen LogP contribution in [-0.2, 0) is 6.42 Å². The zero-order chi connectivity index (χ0) is 15.4. The van der Waals surface area contributed by atoms with Gasteiger partial charge in [-0.25, -0.2) is 4.39 Å². The van der Waals surface area contributed by atoms with Gasteiger partial charge in [-0.15, -0.1) is 0 Å². The SMILES string of the molecule is COc1ccccc1CC(=O)c1ccc([N+](=O)[O-])cc1F. The van der Waals surface area contributed by atoms with Crippen molar-refractivity contribution in [3.63, 3.8) is 0 Å². The third-order valence-corrected chi connectivity index (χ3v) is 3.01. The molecular weight excluding hydrogens is 277 g/mol. The zero-order valence-corrected chi connectivity index (χ0v) is 11.2. The van der Waals surface area contributed by atoms with Crippen LogP contribution in [0.2, 0.25) is 0 Å². The number of nitro benzene ring substituents is 1. The number of para-hydroxylation sites is 1. The van der Waals surface area contributed by atoms with Gasteiger partial charge in [0.1, 0.15) is 11.6 Å². The molecule has 0 atom stereocenters. The third kappa shape index (κ3) is 3.22. The van der Waals surface area contributed by atoms with Gasteiger partial charge >= 0.3 is 0 Å². The van der Waals surface area contributed by atoms with E-state index >= 15 is 0 Å². The van der Waals surface area contributed by atoms with Crippen molar-refractivity contribution in [1.82, 2.24) is 0 Å². The second-order valence-corrected chi connectivity index (χ2v) is 4.33. The van der Waals surface area contributed by atoms with Gasteiger partial charge in [0.05, 0.1) is 23.7 Å². The van der Waals surface area contributed by atoms with Crippen molar-refractivity contribution in [2.75, 3.05) is 7.11 Å². The van der Waals surface area contributed by atoms with Crippen LogP contribution >= 0.6 is 0 Å². The fourth-order valence-corrected chi connectivity index (χ4v) is 1.96. The number of halogens is 1. The van der Waals surface area contributed by atoms with E-state index in [-0.39, 0.29) is 17.7 Å². The first kappa shape index (κ1) is 14.6. The van der Waals surface area contributed by atoms with Gasteiger partial charge in [-0.2, -0.15) is 0 Å². The van der Waals surface area contributed by atoms with E-state index < -0.39 is 16.5 Å².